The molecule has 0 heterocycles. The Bertz CT molecular complexity index is 863. The minimum Gasteiger partial charge on any atom is -0.490 e. The lowest BCUT2D eigenvalue weighted by Gasteiger charge is -2.09. The maximum absolute atomic E-state index is 11.9. The van der Waals surface area contributed by atoms with Crippen LogP contribution in [0.25, 0.3) is 6.08 Å². The summed E-state index contributed by atoms with van der Waals surface area (Å²) in [7, 11) is -3.60. The van der Waals surface area contributed by atoms with Crippen molar-refractivity contribution >= 4 is 22.1 Å². The minimum atomic E-state index is -3.60. The zero-order chi connectivity index (χ0) is 19.5. The van der Waals surface area contributed by atoms with Gasteiger partial charge in [0.25, 0.3) is 0 Å². The number of hydrogen-bond acceptors (Lipinski definition) is 5. The summed E-state index contributed by atoms with van der Waals surface area (Å²) in [5.74, 6) is 0.254. The van der Waals surface area contributed by atoms with Crippen LogP contribution in [0.2, 0.25) is 0 Å². The second-order valence-electron chi connectivity index (χ2n) is 5.74. The highest BCUT2D eigenvalue weighted by atomic mass is 32.2. The molecule has 0 aromatic heterocycles. The number of sulfonamides is 1. The van der Waals surface area contributed by atoms with Crippen LogP contribution in [-0.2, 0) is 19.6 Å². The minimum absolute atomic E-state index is 0.0288. The van der Waals surface area contributed by atoms with Gasteiger partial charge in [0.15, 0.2) is 0 Å². The lowest BCUT2D eigenvalue weighted by Crippen LogP contribution is -2.25. The van der Waals surface area contributed by atoms with Crippen molar-refractivity contribution in [2.75, 3.05) is 19.8 Å². The van der Waals surface area contributed by atoms with E-state index in [1.165, 1.54) is 6.08 Å². The molecule has 0 aliphatic heterocycles. The molecule has 0 amide bonds. The highest BCUT2D eigenvalue weighted by Crippen LogP contribution is 2.15. The third kappa shape index (κ3) is 8.06. The van der Waals surface area contributed by atoms with Gasteiger partial charge < -0.3 is 9.47 Å². The van der Waals surface area contributed by atoms with E-state index in [2.05, 4.69) is 4.72 Å². The highest BCUT2D eigenvalue weighted by Gasteiger charge is 2.08. The molecule has 0 saturated carbocycles. The molecule has 2 aromatic rings. The largest absolute Gasteiger partial charge is 0.490 e. The molecule has 1 N–H and O–H groups in total. The van der Waals surface area contributed by atoms with Gasteiger partial charge in [-0.3, -0.25) is 4.79 Å². The average molecular weight is 389 g/mol. The second kappa shape index (κ2) is 10.5. The van der Waals surface area contributed by atoms with Crippen LogP contribution in [-0.4, -0.2) is 34.1 Å². The fraction of sp³-hybridized carbons (Fsp3) is 0.250. The van der Waals surface area contributed by atoms with Gasteiger partial charge in [0.1, 0.15) is 19.0 Å². The lowest BCUT2D eigenvalue weighted by molar-refractivity contribution is -0.144. The first-order chi connectivity index (χ1) is 13.0. The van der Waals surface area contributed by atoms with Crippen molar-refractivity contribution in [3.8, 4) is 5.75 Å². The molecule has 0 aliphatic rings. The SMILES string of the molecule is Cc1ccccc1OCCOC(=O)CCNS(=O)(=O)/C=C/c1ccccc1. The zero-order valence-electron chi connectivity index (χ0n) is 15.1. The molecule has 0 fully saturated rings. The summed E-state index contributed by atoms with van der Waals surface area (Å²) in [5.41, 5.74) is 1.78. The number of rotatable bonds is 10. The van der Waals surface area contributed by atoms with Crippen LogP contribution in [0, 0.1) is 6.92 Å². The summed E-state index contributed by atoms with van der Waals surface area (Å²) >= 11 is 0. The molecule has 0 bridgehead atoms. The van der Waals surface area contributed by atoms with Crippen molar-refractivity contribution in [1.29, 1.82) is 0 Å². The Morgan fingerprint density at radius 3 is 2.48 bits per heavy atom. The average Bonchev–Trinajstić information content (AvgIpc) is 2.66. The van der Waals surface area contributed by atoms with Crippen molar-refractivity contribution in [3.05, 3.63) is 71.1 Å². The van der Waals surface area contributed by atoms with E-state index in [0.717, 1.165) is 22.3 Å². The van der Waals surface area contributed by atoms with E-state index < -0.39 is 16.0 Å². The summed E-state index contributed by atoms with van der Waals surface area (Å²) in [6, 6.07) is 16.6. The fourth-order valence-corrected chi connectivity index (χ4v) is 2.99. The number of ether oxygens (including phenoxy) is 2. The number of hydrogen-bond donors (Lipinski definition) is 1. The number of benzene rings is 2. The summed E-state index contributed by atoms with van der Waals surface area (Å²) in [4.78, 5) is 11.7. The van der Waals surface area contributed by atoms with E-state index in [1.807, 2.05) is 49.4 Å². The van der Waals surface area contributed by atoms with Gasteiger partial charge in [-0.05, 0) is 30.2 Å². The van der Waals surface area contributed by atoms with Crippen LogP contribution in [0.3, 0.4) is 0 Å². The van der Waals surface area contributed by atoms with Crippen LogP contribution in [0.15, 0.2) is 60.0 Å². The standard InChI is InChI=1S/C20H23NO5S/c1-17-7-5-6-10-19(17)25-14-15-26-20(22)11-13-21-27(23,24)16-12-18-8-3-2-4-9-18/h2-10,12,16,21H,11,13-15H2,1H3/b16-12+. The molecule has 0 spiro atoms. The molecule has 0 unspecified atom stereocenters. The van der Waals surface area contributed by atoms with E-state index in [0.29, 0.717) is 0 Å². The first-order valence-electron chi connectivity index (χ1n) is 8.53. The highest BCUT2D eigenvalue weighted by molar-refractivity contribution is 7.92. The summed E-state index contributed by atoms with van der Waals surface area (Å²) in [6.45, 7) is 2.24. The quantitative estimate of drug-likeness (QED) is 0.499. The van der Waals surface area contributed by atoms with E-state index in [1.54, 1.807) is 12.1 Å². The smallest absolute Gasteiger partial charge is 0.307 e. The monoisotopic (exact) mass is 389 g/mol. The number of carbonyl (C=O) groups excluding carboxylic acids is 1. The molecule has 6 nitrogen and oxygen atoms in total. The van der Waals surface area contributed by atoms with Crippen molar-refractivity contribution < 1.29 is 22.7 Å². The van der Waals surface area contributed by atoms with Crippen LogP contribution >= 0.6 is 0 Å². The Morgan fingerprint density at radius 1 is 1.04 bits per heavy atom. The Balaban J connectivity index is 1.63. The van der Waals surface area contributed by atoms with Gasteiger partial charge in [0.05, 0.1) is 6.42 Å². The molecule has 0 atom stereocenters. The van der Waals surface area contributed by atoms with Crippen molar-refractivity contribution in [2.45, 2.75) is 13.3 Å². The Kier molecular flexibility index (Phi) is 8.03. The maximum Gasteiger partial charge on any atom is 0.307 e. The predicted molar refractivity (Wildman–Crippen MR) is 105 cm³/mol. The first kappa shape index (κ1) is 20.7. The number of para-hydroxylation sites is 1. The molecule has 0 aliphatic carbocycles. The van der Waals surface area contributed by atoms with Gasteiger partial charge >= 0.3 is 5.97 Å². The molecule has 2 aromatic carbocycles. The topological polar surface area (TPSA) is 81.7 Å². The van der Waals surface area contributed by atoms with Gasteiger partial charge in [0.2, 0.25) is 10.0 Å². The Hall–Kier alpha value is -2.64. The number of nitrogens with one attached hydrogen (secondary N) is 1. The normalized spacial score (nSPS) is 11.4. The Labute approximate surface area is 159 Å². The van der Waals surface area contributed by atoms with Crippen LogP contribution in [0.4, 0.5) is 0 Å². The van der Waals surface area contributed by atoms with Gasteiger partial charge in [0, 0.05) is 12.0 Å². The van der Waals surface area contributed by atoms with Gasteiger partial charge in [-0.1, -0.05) is 48.5 Å². The summed E-state index contributed by atoms with van der Waals surface area (Å²) in [6.07, 6.45) is 1.44. The fourth-order valence-electron chi connectivity index (χ4n) is 2.17. The first-order valence-corrected chi connectivity index (χ1v) is 10.1. The van der Waals surface area contributed by atoms with Crippen molar-refractivity contribution in [3.63, 3.8) is 0 Å². The molecule has 2 rings (SSSR count). The second-order valence-corrected chi connectivity index (χ2v) is 7.39. The van der Waals surface area contributed by atoms with Gasteiger partial charge in [-0.25, -0.2) is 13.1 Å². The van der Waals surface area contributed by atoms with Gasteiger partial charge in [-0.2, -0.15) is 0 Å². The Morgan fingerprint density at radius 2 is 1.74 bits per heavy atom. The summed E-state index contributed by atoms with van der Waals surface area (Å²) < 4.78 is 36.6. The number of carbonyl (C=O) groups is 1. The molecule has 0 radical (unpaired) electrons. The molecule has 7 heteroatoms. The number of aryl methyl sites for hydroxylation is 1. The molecule has 27 heavy (non-hydrogen) atoms. The lowest BCUT2D eigenvalue weighted by atomic mass is 10.2. The van der Waals surface area contributed by atoms with Crippen molar-refractivity contribution in [1.82, 2.24) is 4.72 Å². The van der Waals surface area contributed by atoms with E-state index in [9.17, 15) is 13.2 Å². The van der Waals surface area contributed by atoms with E-state index in [4.69, 9.17) is 9.47 Å². The molecule has 0 saturated heterocycles. The third-order valence-electron chi connectivity index (χ3n) is 3.57. The van der Waals surface area contributed by atoms with Gasteiger partial charge in [-0.15, -0.1) is 0 Å². The third-order valence-corrected chi connectivity index (χ3v) is 4.67. The molecular formula is C20H23NO5S. The van der Waals surface area contributed by atoms with Crippen molar-refractivity contribution in [2.24, 2.45) is 0 Å². The van der Waals surface area contributed by atoms with Crippen LogP contribution < -0.4 is 9.46 Å². The summed E-state index contributed by atoms with van der Waals surface area (Å²) in [5, 5.41) is 1.07. The van der Waals surface area contributed by atoms with E-state index in [-0.39, 0.29) is 26.2 Å². The number of esters is 1. The van der Waals surface area contributed by atoms with Crippen LogP contribution in [0.1, 0.15) is 17.5 Å². The zero-order valence-corrected chi connectivity index (χ0v) is 15.9. The molecule has 144 valence electrons. The molecular weight excluding hydrogens is 366 g/mol. The van der Waals surface area contributed by atoms with Crippen LogP contribution in [0.5, 0.6) is 5.75 Å². The maximum atomic E-state index is 11.9. The predicted octanol–water partition coefficient (Wildman–Crippen LogP) is 2.90. The van der Waals surface area contributed by atoms with E-state index >= 15 is 0 Å².